The molecule has 1 aromatic carbocycles. The summed E-state index contributed by atoms with van der Waals surface area (Å²) >= 11 is 0. The number of carbonyl (C=O) groups excluding carboxylic acids is 1. The number of nitrogens with one attached hydrogen (secondary N) is 1. The van der Waals surface area contributed by atoms with Gasteiger partial charge in [0.2, 0.25) is 11.6 Å². The Bertz CT molecular complexity index is 1300. The maximum atomic E-state index is 13.4. The fourth-order valence-corrected chi connectivity index (χ4v) is 3.70. The Kier molecular flexibility index (Phi) is 4.39. The zero-order chi connectivity index (χ0) is 21.6. The molecule has 1 unspecified atom stereocenters. The van der Waals surface area contributed by atoms with E-state index in [9.17, 15) is 9.18 Å². The van der Waals surface area contributed by atoms with E-state index >= 15 is 0 Å². The van der Waals surface area contributed by atoms with Crippen molar-refractivity contribution >= 4 is 17.4 Å². The summed E-state index contributed by atoms with van der Waals surface area (Å²) in [7, 11) is 0. The Balaban J connectivity index is 1.58. The summed E-state index contributed by atoms with van der Waals surface area (Å²) in [6.07, 6.45) is 7.67. The molecule has 1 aliphatic heterocycles. The summed E-state index contributed by atoms with van der Waals surface area (Å²) in [5, 5.41) is 2.83. The van der Waals surface area contributed by atoms with Crippen LogP contribution in [0.5, 0.6) is 5.88 Å². The van der Waals surface area contributed by atoms with Gasteiger partial charge in [-0.3, -0.25) is 4.79 Å². The number of amides is 1. The first-order valence-corrected chi connectivity index (χ1v) is 9.92. The van der Waals surface area contributed by atoms with Gasteiger partial charge in [0.05, 0.1) is 6.61 Å². The zero-order valence-electron chi connectivity index (χ0n) is 17.0. The van der Waals surface area contributed by atoms with Gasteiger partial charge in [0.15, 0.2) is 5.82 Å². The summed E-state index contributed by atoms with van der Waals surface area (Å²) < 4.78 is 20.9. The lowest BCUT2D eigenvalue weighted by atomic mass is 9.78. The summed E-state index contributed by atoms with van der Waals surface area (Å²) in [4.78, 5) is 30.7. The van der Waals surface area contributed by atoms with Crippen molar-refractivity contribution in [3.8, 4) is 17.4 Å². The normalized spacial score (nSPS) is 17.6. The molecule has 4 aromatic rings. The molecule has 0 bridgehead atoms. The van der Waals surface area contributed by atoms with E-state index in [4.69, 9.17) is 4.74 Å². The number of rotatable bonds is 5. The summed E-state index contributed by atoms with van der Waals surface area (Å²) in [5.74, 6) is 0.545. The molecular formula is C22H19FN6O2. The minimum atomic E-state index is -1.02. The number of ether oxygens (including phenoxy) is 1. The Morgan fingerprint density at radius 1 is 1.19 bits per heavy atom. The van der Waals surface area contributed by atoms with E-state index in [2.05, 4.69) is 25.3 Å². The van der Waals surface area contributed by atoms with E-state index in [1.54, 1.807) is 48.2 Å². The fourth-order valence-electron chi connectivity index (χ4n) is 3.70. The van der Waals surface area contributed by atoms with E-state index in [0.717, 1.165) is 6.42 Å². The predicted molar refractivity (Wildman–Crippen MR) is 111 cm³/mol. The molecule has 1 N–H and O–H groups in total. The molecule has 156 valence electrons. The quantitative estimate of drug-likeness (QED) is 0.534. The van der Waals surface area contributed by atoms with E-state index in [1.165, 1.54) is 12.1 Å². The van der Waals surface area contributed by atoms with Crippen LogP contribution in [0.15, 0.2) is 49.1 Å². The van der Waals surface area contributed by atoms with Crippen LogP contribution in [-0.4, -0.2) is 36.9 Å². The maximum absolute atomic E-state index is 13.4. The van der Waals surface area contributed by atoms with E-state index in [0.29, 0.717) is 46.6 Å². The number of carbonyl (C=O) groups is 1. The molecule has 8 nitrogen and oxygen atoms in total. The number of hydrogen-bond donors (Lipinski definition) is 1. The second-order valence-electron chi connectivity index (χ2n) is 7.48. The predicted octanol–water partition coefficient (Wildman–Crippen LogP) is 3.37. The minimum absolute atomic E-state index is 0.245. The second kappa shape index (κ2) is 7.12. The molecule has 0 spiro atoms. The van der Waals surface area contributed by atoms with Crippen LogP contribution in [-0.2, 0) is 10.2 Å². The van der Waals surface area contributed by atoms with Gasteiger partial charge in [-0.2, -0.15) is 0 Å². The topological polar surface area (TPSA) is 94.3 Å². The monoisotopic (exact) mass is 418 g/mol. The van der Waals surface area contributed by atoms with Crippen LogP contribution < -0.4 is 10.1 Å². The number of fused-ring (bicyclic) bond motifs is 2. The maximum Gasteiger partial charge on any atom is 0.259 e. The third-order valence-corrected chi connectivity index (χ3v) is 5.45. The van der Waals surface area contributed by atoms with Crippen LogP contribution in [0.2, 0.25) is 0 Å². The standard InChI is InChI=1S/C22H19FN6O2/c1-3-10-31-20-19-24-8-9-29(19)12-16(26-20)18-25-11-15-17(27-18)28-21(30)22(15,2)13-4-6-14(23)7-5-13/h4-9,11-12H,3,10H2,1-2H3,(H,25,27,28,30). The van der Waals surface area contributed by atoms with Crippen molar-refractivity contribution in [2.75, 3.05) is 11.9 Å². The summed E-state index contributed by atoms with van der Waals surface area (Å²) in [5.41, 5.74) is 1.37. The molecule has 5 rings (SSSR count). The van der Waals surface area contributed by atoms with Crippen LogP contribution >= 0.6 is 0 Å². The molecule has 4 heterocycles. The van der Waals surface area contributed by atoms with E-state index in [-0.39, 0.29) is 11.7 Å². The number of halogens is 1. The summed E-state index contributed by atoms with van der Waals surface area (Å²) in [6, 6.07) is 5.87. The SMILES string of the molecule is CCCOc1nc(-c2ncc3c(n2)NC(=O)C3(C)c2ccc(F)cc2)cn2ccnc12. The van der Waals surface area contributed by atoms with Crippen LogP contribution in [0.3, 0.4) is 0 Å². The molecule has 9 heteroatoms. The molecule has 0 saturated carbocycles. The lowest BCUT2D eigenvalue weighted by Gasteiger charge is -2.22. The van der Waals surface area contributed by atoms with Gasteiger partial charge in [-0.05, 0) is 31.0 Å². The molecule has 0 saturated heterocycles. The molecule has 0 radical (unpaired) electrons. The van der Waals surface area contributed by atoms with Crippen molar-refractivity contribution in [3.05, 3.63) is 66.0 Å². The van der Waals surface area contributed by atoms with Crippen molar-refractivity contribution in [1.29, 1.82) is 0 Å². The number of nitrogens with zero attached hydrogens (tertiary/aromatic N) is 5. The lowest BCUT2D eigenvalue weighted by molar-refractivity contribution is -0.119. The highest BCUT2D eigenvalue weighted by Crippen LogP contribution is 2.41. The smallest absolute Gasteiger partial charge is 0.259 e. The Labute approximate surface area is 177 Å². The molecule has 0 aliphatic carbocycles. The van der Waals surface area contributed by atoms with Gasteiger partial charge >= 0.3 is 0 Å². The van der Waals surface area contributed by atoms with Crippen LogP contribution in [0, 0.1) is 5.82 Å². The molecule has 1 amide bonds. The molecule has 3 aromatic heterocycles. The van der Waals surface area contributed by atoms with Crippen molar-refractivity contribution in [1.82, 2.24) is 24.3 Å². The largest absolute Gasteiger partial charge is 0.475 e. The second-order valence-corrected chi connectivity index (χ2v) is 7.48. The first kappa shape index (κ1) is 19.1. The molecule has 0 fully saturated rings. The van der Waals surface area contributed by atoms with Crippen LogP contribution in [0.1, 0.15) is 31.4 Å². The van der Waals surface area contributed by atoms with E-state index < -0.39 is 5.41 Å². The van der Waals surface area contributed by atoms with Crippen LogP contribution in [0.25, 0.3) is 17.2 Å². The van der Waals surface area contributed by atoms with Crippen molar-refractivity contribution in [2.24, 2.45) is 0 Å². The van der Waals surface area contributed by atoms with E-state index in [1.807, 2.05) is 6.92 Å². The fraction of sp³-hybridized carbons (Fsp3) is 0.227. The third kappa shape index (κ3) is 3.00. The molecule has 31 heavy (non-hydrogen) atoms. The van der Waals surface area contributed by atoms with Gasteiger partial charge < -0.3 is 14.5 Å². The Hall–Kier alpha value is -3.88. The zero-order valence-corrected chi connectivity index (χ0v) is 17.0. The van der Waals surface area contributed by atoms with Crippen LogP contribution in [0.4, 0.5) is 10.2 Å². The number of hydrogen-bond acceptors (Lipinski definition) is 6. The van der Waals surface area contributed by atoms with Gasteiger partial charge in [0.25, 0.3) is 5.88 Å². The third-order valence-electron chi connectivity index (χ3n) is 5.45. The van der Waals surface area contributed by atoms with Crippen molar-refractivity contribution < 1.29 is 13.9 Å². The lowest BCUT2D eigenvalue weighted by Crippen LogP contribution is -2.32. The van der Waals surface area contributed by atoms with Gasteiger partial charge in [-0.25, -0.2) is 24.3 Å². The molecule has 1 aliphatic rings. The van der Waals surface area contributed by atoms with Gasteiger partial charge in [-0.15, -0.1) is 0 Å². The average molecular weight is 418 g/mol. The summed E-state index contributed by atoms with van der Waals surface area (Å²) in [6.45, 7) is 4.30. The highest BCUT2D eigenvalue weighted by Gasteiger charge is 2.45. The van der Waals surface area contributed by atoms with Gasteiger partial charge in [0, 0.05) is 30.4 Å². The average Bonchev–Trinajstić information content (AvgIpc) is 3.35. The molecular weight excluding hydrogens is 399 g/mol. The van der Waals surface area contributed by atoms with Gasteiger partial charge in [-0.1, -0.05) is 19.1 Å². The van der Waals surface area contributed by atoms with Crippen molar-refractivity contribution in [2.45, 2.75) is 25.7 Å². The molecule has 1 atom stereocenters. The number of aromatic nitrogens is 5. The first-order chi connectivity index (χ1) is 15.0. The van der Waals surface area contributed by atoms with Crippen molar-refractivity contribution in [3.63, 3.8) is 0 Å². The number of anilines is 1. The Morgan fingerprint density at radius 2 is 2.00 bits per heavy atom. The minimum Gasteiger partial charge on any atom is -0.475 e. The highest BCUT2D eigenvalue weighted by atomic mass is 19.1. The number of imidazole rings is 1. The highest BCUT2D eigenvalue weighted by molar-refractivity contribution is 6.07. The Morgan fingerprint density at radius 3 is 2.77 bits per heavy atom. The first-order valence-electron chi connectivity index (χ1n) is 9.92. The van der Waals surface area contributed by atoms with Gasteiger partial charge in [0.1, 0.15) is 22.7 Å². The number of benzene rings is 1.